The van der Waals surface area contributed by atoms with Gasteiger partial charge in [-0.05, 0) is 18.6 Å². The van der Waals surface area contributed by atoms with Crippen LogP contribution in [0.15, 0.2) is 23.1 Å². The minimum absolute atomic E-state index is 0.0432. The van der Waals surface area contributed by atoms with E-state index in [0.29, 0.717) is 16.0 Å². The first-order chi connectivity index (χ1) is 11.3. The standard InChI is InChI=1S/C15H11ClF3N3OS/c1-2-8-4-9-13(23)21-12(22-14(9)24-8)5-11-10(16)3-7(6-20-11)15(17,18)19/h3-4,6H,2,5H2,1H3,(H,21,22,23). The summed E-state index contributed by atoms with van der Waals surface area (Å²) >= 11 is 7.30. The molecule has 3 aromatic rings. The second-order valence-electron chi connectivity index (χ2n) is 5.12. The molecule has 1 N–H and O–H groups in total. The van der Waals surface area contributed by atoms with Gasteiger partial charge in [-0.3, -0.25) is 9.78 Å². The van der Waals surface area contributed by atoms with Crippen molar-refractivity contribution >= 4 is 33.2 Å². The Labute approximate surface area is 143 Å². The van der Waals surface area contributed by atoms with Gasteiger partial charge in [0.15, 0.2) is 0 Å². The van der Waals surface area contributed by atoms with Gasteiger partial charge in [-0.15, -0.1) is 11.3 Å². The van der Waals surface area contributed by atoms with E-state index in [1.165, 1.54) is 11.3 Å². The summed E-state index contributed by atoms with van der Waals surface area (Å²) in [6, 6.07) is 2.61. The number of rotatable bonds is 3. The van der Waals surface area contributed by atoms with Crippen LogP contribution in [0.2, 0.25) is 5.02 Å². The fourth-order valence-electron chi connectivity index (χ4n) is 2.19. The van der Waals surface area contributed by atoms with E-state index in [1.807, 2.05) is 6.92 Å². The highest BCUT2D eigenvalue weighted by Crippen LogP contribution is 2.31. The summed E-state index contributed by atoms with van der Waals surface area (Å²) in [5.41, 5.74) is -0.979. The van der Waals surface area contributed by atoms with E-state index in [4.69, 9.17) is 11.6 Å². The molecule has 0 amide bonds. The van der Waals surface area contributed by atoms with E-state index in [2.05, 4.69) is 15.0 Å². The van der Waals surface area contributed by atoms with Crippen LogP contribution < -0.4 is 5.56 Å². The molecule has 3 heterocycles. The molecule has 4 nitrogen and oxygen atoms in total. The zero-order valence-electron chi connectivity index (χ0n) is 12.4. The molecule has 3 rings (SSSR count). The van der Waals surface area contributed by atoms with Crippen molar-refractivity contribution in [3.05, 3.63) is 55.7 Å². The molecule has 0 atom stereocenters. The van der Waals surface area contributed by atoms with Crippen molar-refractivity contribution in [3.8, 4) is 0 Å². The van der Waals surface area contributed by atoms with E-state index < -0.39 is 11.7 Å². The zero-order chi connectivity index (χ0) is 17.5. The third-order valence-electron chi connectivity index (χ3n) is 3.43. The Morgan fingerprint density at radius 1 is 1.33 bits per heavy atom. The third kappa shape index (κ3) is 3.29. The van der Waals surface area contributed by atoms with Crippen LogP contribution in [0.5, 0.6) is 0 Å². The third-order valence-corrected chi connectivity index (χ3v) is 4.93. The maximum absolute atomic E-state index is 12.6. The lowest BCUT2D eigenvalue weighted by molar-refractivity contribution is -0.137. The summed E-state index contributed by atoms with van der Waals surface area (Å²) in [5, 5.41) is 0.389. The van der Waals surface area contributed by atoms with Crippen LogP contribution in [0.25, 0.3) is 10.2 Å². The van der Waals surface area contributed by atoms with Gasteiger partial charge < -0.3 is 4.98 Å². The SMILES string of the molecule is CCc1cc2c(=O)[nH]c(Cc3ncc(C(F)(F)F)cc3Cl)nc2s1. The van der Waals surface area contributed by atoms with E-state index in [0.717, 1.165) is 23.6 Å². The molecule has 0 aromatic carbocycles. The topological polar surface area (TPSA) is 58.6 Å². The number of fused-ring (bicyclic) bond motifs is 1. The van der Waals surface area contributed by atoms with Crippen molar-refractivity contribution in [2.45, 2.75) is 25.9 Å². The van der Waals surface area contributed by atoms with Crippen LogP contribution in [-0.4, -0.2) is 15.0 Å². The van der Waals surface area contributed by atoms with E-state index >= 15 is 0 Å². The molecule has 0 saturated carbocycles. The maximum Gasteiger partial charge on any atom is 0.417 e. The number of alkyl halides is 3. The molecule has 0 spiro atoms. The number of aromatic nitrogens is 3. The molecule has 0 aliphatic heterocycles. The van der Waals surface area contributed by atoms with Gasteiger partial charge in [0.25, 0.3) is 5.56 Å². The second kappa shape index (κ2) is 6.18. The molecular weight excluding hydrogens is 363 g/mol. The van der Waals surface area contributed by atoms with Gasteiger partial charge in [0, 0.05) is 17.5 Å². The monoisotopic (exact) mass is 373 g/mol. The molecule has 0 aliphatic carbocycles. The van der Waals surface area contributed by atoms with Crippen LogP contribution in [0, 0.1) is 0 Å². The van der Waals surface area contributed by atoms with Crippen molar-refractivity contribution in [1.82, 2.24) is 15.0 Å². The van der Waals surface area contributed by atoms with Crippen LogP contribution in [0.3, 0.4) is 0 Å². The van der Waals surface area contributed by atoms with Gasteiger partial charge >= 0.3 is 6.18 Å². The summed E-state index contributed by atoms with van der Waals surface area (Å²) < 4.78 is 37.9. The Bertz CT molecular complexity index is 965. The lowest BCUT2D eigenvalue weighted by atomic mass is 10.2. The first-order valence-corrected chi connectivity index (χ1v) is 8.20. The number of aryl methyl sites for hydroxylation is 1. The Morgan fingerprint density at radius 2 is 2.08 bits per heavy atom. The number of H-pyrrole nitrogens is 1. The predicted molar refractivity (Wildman–Crippen MR) is 86.7 cm³/mol. The van der Waals surface area contributed by atoms with Crippen LogP contribution in [0.4, 0.5) is 13.2 Å². The largest absolute Gasteiger partial charge is 0.417 e. The normalized spacial score (nSPS) is 12.0. The van der Waals surface area contributed by atoms with Gasteiger partial charge in [-0.1, -0.05) is 18.5 Å². The number of thiophene rings is 1. The van der Waals surface area contributed by atoms with Crippen molar-refractivity contribution in [2.24, 2.45) is 0 Å². The molecule has 24 heavy (non-hydrogen) atoms. The average molecular weight is 374 g/mol. The minimum atomic E-state index is -4.51. The molecule has 0 bridgehead atoms. The first kappa shape index (κ1) is 16.9. The number of hydrogen-bond donors (Lipinski definition) is 1. The van der Waals surface area contributed by atoms with Crippen molar-refractivity contribution < 1.29 is 13.2 Å². The van der Waals surface area contributed by atoms with Gasteiger partial charge in [0.05, 0.1) is 21.7 Å². The number of halogens is 4. The summed E-state index contributed by atoms with van der Waals surface area (Å²) in [7, 11) is 0. The summed E-state index contributed by atoms with van der Waals surface area (Å²) in [5.74, 6) is 0.311. The Hall–Kier alpha value is -1.93. The van der Waals surface area contributed by atoms with Gasteiger partial charge in [0.2, 0.25) is 0 Å². The number of nitrogens with zero attached hydrogens (tertiary/aromatic N) is 2. The van der Waals surface area contributed by atoms with Crippen molar-refractivity contribution in [3.63, 3.8) is 0 Å². The number of pyridine rings is 1. The van der Waals surface area contributed by atoms with E-state index in [1.54, 1.807) is 6.07 Å². The molecule has 0 radical (unpaired) electrons. The summed E-state index contributed by atoms with van der Waals surface area (Å²) in [4.78, 5) is 24.5. The number of hydrogen-bond acceptors (Lipinski definition) is 4. The minimum Gasteiger partial charge on any atom is -0.310 e. The van der Waals surface area contributed by atoms with Crippen molar-refractivity contribution in [2.75, 3.05) is 0 Å². The zero-order valence-corrected chi connectivity index (χ0v) is 13.9. The average Bonchev–Trinajstić information content (AvgIpc) is 2.92. The summed E-state index contributed by atoms with van der Waals surface area (Å²) in [6.07, 6.45) is -2.95. The molecule has 3 aromatic heterocycles. The first-order valence-electron chi connectivity index (χ1n) is 7.01. The van der Waals surface area contributed by atoms with Gasteiger partial charge in [-0.25, -0.2) is 4.98 Å². The Kier molecular flexibility index (Phi) is 4.35. The smallest absolute Gasteiger partial charge is 0.310 e. The molecule has 0 saturated heterocycles. The van der Waals surface area contributed by atoms with Crippen LogP contribution in [-0.2, 0) is 19.0 Å². The Balaban J connectivity index is 1.96. The fourth-order valence-corrected chi connectivity index (χ4v) is 3.41. The maximum atomic E-state index is 12.6. The quantitative estimate of drug-likeness (QED) is 0.748. The molecule has 126 valence electrons. The molecule has 0 aliphatic rings. The predicted octanol–water partition coefficient (Wildman–Crippen LogP) is 4.21. The highest BCUT2D eigenvalue weighted by atomic mass is 35.5. The Morgan fingerprint density at radius 3 is 2.71 bits per heavy atom. The van der Waals surface area contributed by atoms with Crippen molar-refractivity contribution in [1.29, 1.82) is 0 Å². The highest BCUT2D eigenvalue weighted by Gasteiger charge is 2.31. The molecule has 9 heteroatoms. The summed E-state index contributed by atoms with van der Waals surface area (Å²) in [6.45, 7) is 1.98. The lowest BCUT2D eigenvalue weighted by Crippen LogP contribution is -2.12. The lowest BCUT2D eigenvalue weighted by Gasteiger charge is -2.08. The van der Waals surface area contributed by atoms with Crippen LogP contribution in [0.1, 0.15) is 28.9 Å². The molecule has 0 unspecified atom stereocenters. The van der Waals surface area contributed by atoms with E-state index in [-0.39, 0.29) is 22.7 Å². The fraction of sp³-hybridized carbons (Fsp3) is 0.267. The molecular formula is C15H11ClF3N3OS. The molecule has 0 fully saturated rings. The van der Waals surface area contributed by atoms with E-state index in [9.17, 15) is 18.0 Å². The number of aromatic amines is 1. The second-order valence-corrected chi connectivity index (χ2v) is 6.65. The highest BCUT2D eigenvalue weighted by molar-refractivity contribution is 7.18. The van der Waals surface area contributed by atoms with Gasteiger partial charge in [0.1, 0.15) is 10.7 Å². The van der Waals surface area contributed by atoms with Gasteiger partial charge in [-0.2, -0.15) is 13.2 Å². The van der Waals surface area contributed by atoms with Crippen LogP contribution >= 0.6 is 22.9 Å². The number of nitrogens with one attached hydrogen (secondary N) is 1.